The molecule has 52 valence electrons. The van der Waals surface area contributed by atoms with Gasteiger partial charge in [-0.25, -0.2) is 0 Å². The van der Waals surface area contributed by atoms with Gasteiger partial charge in [0.15, 0.2) is 0 Å². The Hall–Kier alpha value is 0.358. The van der Waals surface area contributed by atoms with Crippen molar-refractivity contribution in [2.45, 2.75) is 32.6 Å². The maximum atomic E-state index is 6.66. The van der Waals surface area contributed by atoms with Crippen LogP contribution in [0.3, 0.4) is 0 Å². The summed E-state index contributed by atoms with van der Waals surface area (Å²) in [6.45, 7) is 2.17. The van der Waals surface area contributed by atoms with Crippen molar-refractivity contribution in [1.29, 1.82) is 5.41 Å². The first-order valence-electron chi connectivity index (χ1n) is 2.90. The molecular formula is C6H13NPt. The summed E-state index contributed by atoms with van der Waals surface area (Å²) in [5, 5.41) is 6.66. The van der Waals surface area contributed by atoms with Crippen molar-refractivity contribution in [2.24, 2.45) is 0 Å². The number of nitrogens with one attached hydrogen (secondary N) is 1. The van der Waals surface area contributed by atoms with Crippen molar-refractivity contribution in [1.82, 2.24) is 0 Å². The Bertz CT molecular complexity index is 45.8. The van der Waals surface area contributed by atoms with Crippen molar-refractivity contribution in [3.63, 3.8) is 0 Å². The molecule has 0 aromatic carbocycles. The van der Waals surface area contributed by atoms with Crippen molar-refractivity contribution in [3.05, 3.63) is 0 Å². The molecule has 0 saturated heterocycles. The second-order valence-corrected chi connectivity index (χ2v) is 1.70. The summed E-state index contributed by atoms with van der Waals surface area (Å²) in [7, 11) is 0. The quantitative estimate of drug-likeness (QED) is 0.607. The Morgan fingerprint density at radius 1 is 1.38 bits per heavy atom. The molecule has 0 bridgehead atoms. The Kier molecular flexibility index (Phi) is 14.5. The van der Waals surface area contributed by atoms with Gasteiger partial charge in [0.2, 0.25) is 0 Å². The molecule has 0 atom stereocenters. The summed E-state index contributed by atoms with van der Waals surface area (Å²) in [4.78, 5) is 0. The third-order valence-corrected chi connectivity index (χ3v) is 0.952. The number of rotatable bonds is 4. The maximum Gasteiger partial charge on any atom is 0 e. The van der Waals surface area contributed by atoms with E-state index in [4.69, 9.17) is 5.41 Å². The van der Waals surface area contributed by atoms with Crippen LogP contribution >= 0.6 is 0 Å². The average molecular weight is 294 g/mol. The summed E-state index contributed by atoms with van der Waals surface area (Å²) in [6, 6.07) is 0. The molecule has 0 rings (SSSR count). The van der Waals surface area contributed by atoms with Crippen molar-refractivity contribution in [3.8, 4) is 0 Å². The fraction of sp³-hybridized carbons (Fsp3) is 0.833. The molecule has 0 amide bonds. The summed E-state index contributed by atoms with van der Waals surface area (Å²) in [5.41, 5.74) is 0. The van der Waals surface area contributed by atoms with Gasteiger partial charge in [-0.15, -0.1) is 0 Å². The summed E-state index contributed by atoms with van der Waals surface area (Å²) >= 11 is 0. The van der Waals surface area contributed by atoms with Gasteiger partial charge in [0.1, 0.15) is 0 Å². The molecule has 1 nitrogen and oxygen atoms in total. The van der Waals surface area contributed by atoms with Crippen LogP contribution in [0.15, 0.2) is 0 Å². The van der Waals surface area contributed by atoms with E-state index < -0.39 is 0 Å². The monoisotopic (exact) mass is 294 g/mol. The number of hydrogen-bond donors (Lipinski definition) is 1. The van der Waals surface area contributed by atoms with Gasteiger partial charge in [-0.3, -0.25) is 0 Å². The van der Waals surface area contributed by atoms with Crippen molar-refractivity contribution < 1.29 is 21.1 Å². The van der Waals surface area contributed by atoms with Gasteiger partial charge in [0.25, 0.3) is 0 Å². The zero-order valence-electron chi connectivity index (χ0n) is 5.22. The molecule has 0 aromatic heterocycles. The van der Waals surface area contributed by atoms with E-state index >= 15 is 0 Å². The minimum atomic E-state index is 0. The molecule has 0 unspecified atom stereocenters. The van der Waals surface area contributed by atoms with Crippen molar-refractivity contribution >= 4 is 6.21 Å². The van der Waals surface area contributed by atoms with Crippen LogP contribution in [0.25, 0.3) is 0 Å². The summed E-state index contributed by atoms with van der Waals surface area (Å²) in [5.74, 6) is 0. The van der Waals surface area contributed by atoms with E-state index in [1.54, 1.807) is 0 Å². The average Bonchev–Trinajstić information content (AvgIpc) is 1.69. The Morgan fingerprint density at radius 3 is 2.38 bits per heavy atom. The molecule has 0 aliphatic carbocycles. The third-order valence-electron chi connectivity index (χ3n) is 0.952. The first kappa shape index (κ1) is 11.2. The minimum absolute atomic E-state index is 0. The Morgan fingerprint density at radius 2 is 2.00 bits per heavy atom. The molecule has 2 heteroatoms. The normalized spacial score (nSPS) is 7.62. The second kappa shape index (κ2) is 10.4. The fourth-order valence-corrected chi connectivity index (χ4v) is 0.496. The van der Waals surface area contributed by atoms with Crippen LogP contribution in [0, 0.1) is 5.41 Å². The van der Waals surface area contributed by atoms with E-state index in [-0.39, 0.29) is 21.1 Å². The van der Waals surface area contributed by atoms with Crippen molar-refractivity contribution in [2.75, 3.05) is 0 Å². The fourth-order valence-electron chi connectivity index (χ4n) is 0.496. The van der Waals surface area contributed by atoms with E-state index in [1.807, 2.05) is 0 Å². The van der Waals surface area contributed by atoms with E-state index in [0.717, 1.165) is 6.42 Å². The molecule has 8 heavy (non-hydrogen) atoms. The minimum Gasteiger partial charge on any atom is -0.313 e. The molecule has 0 aliphatic rings. The largest absolute Gasteiger partial charge is 0.313 e. The van der Waals surface area contributed by atoms with Crippen LogP contribution < -0.4 is 0 Å². The van der Waals surface area contributed by atoms with Crippen LogP contribution in [0.1, 0.15) is 32.6 Å². The molecular weight excluding hydrogens is 281 g/mol. The van der Waals surface area contributed by atoms with Gasteiger partial charge in [-0.05, 0) is 19.1 Å². The van der Waals surface area contributed by atoms with Gasteiger partial charge >= 0.3 is 0 Å². The number of hydrogen-bond acceptors (Lipinski definition) is 1. The molecule has 0 heterocycles. The molecule has 0 aromatic rings. The second-order valence-electron chi connectivity index (χ2n) is 1.70. The first-order chi connectivity index (χ1) is 3.41. The molecule has 0 fully saturated rings. The third kappa shape index (κ3) is 9.61. The van der Waals surface area contributed by atoms with Crippen LogP contribution in [0.5, 0.6) is 0 Å². The molecule has 0 saturated carbocycles. The standard InChI is InChI=1S/C6H13N.Pt/c1-2-3-4-5-6-7;/h6-7H,2-5H2,1H3;. The van der Waals surface area contributed by atoms with E-state index in [1.165, 1.54) is 25.5 Å². The van der Waals surface area contributed by atoms with Gasteiger partial charge in [0.05, 0.1) is 0 Å². The SMILES string of the molecule is CCCCCC=N.[Pt]. The zero-order valence-corrected chi connectivity index (χ0v) is 7.49. The predicted molar refractivity (Wildman–Crippen MR) is 32.9 cm³/mol. The smallest absolute Gasteiger partial charge is 0 e. The topological polar surface area (TPSA) is 23.9 Å². The summed E-state index contributed by atoms with van der Waals surface area (Å²) in [6.07, 6.45) is 6.17. The predicted octanol–water partition coefficient (Wildman–Crippen LogP) is 2.21. The molecule has 1 N–H and O–H groups in total. The Balaban J connectivity index is 0. The van der Waals surface area contributed by atoms with Crippen LogP contribution in [-0.4, -0.2) is 6.21 Å². The van der Waals surface area contributed by atoms with Gasteiger partial charge < -0.3 is 5.41 Å². The van der Waals surface area contributed by atoms with Crippen LogP contribution in [0.4, 0.5) is 0 Å². The van der Waals surface area contributed by atoms with Gasteiger partial charge in [-0.2, -0.15) is 0 Å². The number of unbranched alkanes of at least 4 members (excludes halogenated alkanes) is 3. The zero-order chi connectivity index (χ0) is 5.54. The Labute approximate surface area is 65.6 Å². The summed E-state index contributed by atoms with van der Waals surface area (Å²) < 4.78 is 0. The maximum absolute atomic E-state index is 6.66. The van der Waals surface area contributed by atoms with Gasteiger partial charge in [0, 0.05) is 21.1 Å². The molecule has 0 spiro atoms. The van der Waals surface area contributed by atoms with Crippen LogP contribution in [-0.2, 0) is 21.1 Å². The van der Waals surface area contributed by atoms with E-state index in [2.05, 4.69) is 6.92 Å². The molecule has 0 radical (unpaired) electrons. The van der Waals surface area contributed by atoms with Crippen LogP contribution in [0.2, 0.25) is 0 Å². The van der Waals surface area contributed by atoms with E-state index in [9.17, 15) is 0 Å². The van der Waals surface area contributed by atoms with E-state index in [0.29, 0.717) is 0 Å². The molecule has 0 aliphatic heterocycles. The first-order valence-corrected chi connectivity index (χ1v) is 2.90. The van der Waals surface area contributed by atoms with Gasteiger partial charge in [-0.1, -0.05) is 19.8 Å².